The third kappa shape index (κ3) is 7.12. The van der Waals surface area contributed by atoms with Gasteiger partial charge >= 0.3 is 0 Å². The van der Waals surface area contributed by atoms with E-state index in [-0.39, 0.29) is 6.54 Å². The first kappa shape index (κ1) is 24.9. The predicted molar refractivity (Wildman–Crippen MR) is 127 cm³/mol. The number of carbonyl (C=O) groups excluding carboxylic acids is 1. The Kier molecular flexibility index (Phi) is 8.83. The number of aryl methyl sites for hydroxylation is 2. The molecule has 0 heterocycles. The lowest BCUT2D eigenvalue weighted by molar-refractivity contribution is -0.119. The first-order valence-corrected chi connectivity index (χ1v) is 11.9. The van der Waals surface area contributed by atoms with Crippen LogP contribution in [0.5, 0.6) is 11.5 Å². The number of hydrogen-bond acceptors (Lipinski definition) is 6. The first-order valence-electron chi connectivity index (χ1n) is 10.0. The molecule has 1 amide bonds. The van der Waals surface area contributed by atoms with Gasteiger partial charge in [0, 0.05) is 0 Å². The van der Waals surface area contributed by atoms with Crippen LogP contribution in [-0.2, 0) is 14.8 Å². The van der Waals surface area contributed by atoms with Crippen molar-refractivity contribution in [3.8, 4) is 11.5 Å². The van der Waals surface area contributed by atoms with Crippen LogP contribution in [-0.4, -0.2) is 46.6 Å². The summed E-state index contributed by atoms with van der Waals surface area (Å²) in [5.41, 5.74) is 5.15. The average molecular weight is 460 g/mol. The maximum absolute atomic E-state index is 12.4. The van der Waals surface area contributed by atoms with E-state index in [2.05, 4.69) is 17.1 Å². The number of nitrogens with zero attached hydrogens (tertiary/aromatic N) is 2. The van der Waals surface area contributed by atoms with Gasteiger partial charge in [0.05, 0.1) is 24.8 Å². The van der Waals surface area contributed by atoms with Crippen molar-refractivity contribution in [3.63, 3.8) is 0 Å². The maximum Gasteiger partial charge on any atom is 0.260 e. The number of hydrogen-bond donors (Lipinski definition) is 1. The second kappa shape index (κ2) is 11.3. The summed E-state index contributed by atoms with van der Waals surface area (Å²) < 4.78 is 36.8. The zero-order chi connectivity index (χ0) is 23.7. The van der Waals surface area contributed by atoms with Gasteiger partial charge in [-0.15, -0.1) is 0 Å². The van der Waals surface area contributed by atoms with Crippen molar-refractivity contribution in [2.24, 2.45) is 5.10 Å². The van der Waals surface area contributed by atoms with Gasteiger partial charge in [-0.2, -0.15) is 5.10 Å². The smallest absolute Gasteiger partial charge is 0.260 e. The highest BCUT2D eigenvalue weighted by atomic mass is 32.2. The molecule has 2 rings (SSSR count). The van der Waals surface area contributed by atoms with Gasteiger partial charge in [0.1, 0.15) is 13.2 Å². The topological polar surface area (TPSA) is 97.3 Å². The SMILES string of the molecule is C=CCOc1ccc(C=NNC(=O)CN(c2cc(C)ccc2C)S(C)(=O)=O)cc1OCC. The van der Waals surface area contributed by atoms with E-state index in [1.54, 1.807) is 37.3 Å². The van der Waals surface area contributed by atoms with Crippen molar-refractivity contribution in [1.82, 2.24) is 5.43 Å². The maximum atomic E-state index is 12.4. The van der Waals surface area contributed by atoms with E-state index >= 15 is 0 Å². The molecule has 0 spiro atoms. The highest BCUT2D eigenvalue weighted by Gasteiger charge is 2.22. The lowest BCUT2D eigenvalue weighted by Gasteiger charge is -2.23. The lowest BCUT2D eigenvalue weighted by atomic mass is 10.1. The summed E-state index contributed by atoms with van der Waals surface area (Å²) in [4.78, 5) is 12.4. The van der Waals surface area contributed by atoms with Crippen LogP contribution in [0.15, 0.2) is 54.2 Å². The largest absolute Gasteiger partial charge is 0.490 e. The summed E-state index contributed by atoms with van der Waals surface area (Å²) in [7, 11) is -3.67. The predicted octanol–water partition coefficient (Wildman–Crippen LogP) is 3.18. The second-order valence-electron chi connectivity index (χ2n) is 7.09. The molecule has 0 saturated carbocycles. The normalized spacial score (nSPS) is 11.2. The number of benzene rings is 2. The van der Waals surface area contributed by atoms with Crippen molar-refractivity contribution < 1.29 is 22.7 Å². The van der Waals surface area contributed by atoms with Crippen LogP contribution in [0.4, 0.5) is 5.69 Å². The van der Waals surface area contributed by atoms with Crippen LogP contribution in [0.1, 0.15) is 23.6 Å². The third-order valence-electron chi connectivity index (χ3n) is 4.35. The molecule has 0 aliphatic carbocycles. The molecule has 2 aromatic rings. The van der Waals surface area contributed by atoms with Gasteiger partial charge in [-0.05, 0) is 61.7 Å². The Morgan fingerprint density at radius 3 is 2.56 bits per heavy atom. The molecule has 2 aromatic carbocycles. The van der Waals surface area contributed by atoms with E-state index < -0.39 is 15.9 Å². The highest BCUT2D eigenvalue weighted by molar-refractivity contribution is 7.92. The molecule has 0 radical (unpaired) electrons. The summed E-state index contributed by atoms with van der Waals surface area (Å²) in [6, 6.07) is 10.7. The fourth-order valence-corrected chi connectivity index (χ4v) is 3.76. The molecule has 0 aliphatic rings. The number of ether oxygens (including phenoxy) is 2. The Hall–Kier alpha value is -3.33. The Morgan fingerprint density at radius 1 is 1.16 bits per heavy atom. The number of amides is 1. The quantitative estimate of drug-likeness (QED) is 0.316. The molecule has 8 nitrogen and oxygen atoms in total. The van der Waals surface area contributed by atoms with Gasteiger partial charge in [0.15, 0.2) is 11.5 Å². The van der Waals surface area contributed by atoms with Gasteiger partial charge in [0.25, 0.3) is 5.91 Å². The van der Waals surface area contributed by atoms with Crippen molar-refractivity contribution >= 4 is 27.8 Å². The van der Waals surface area contributed by atoms with Crippen molar-refractivity contribution in [2.45, 2.75) is 20.8 Å². The van der Waals surface area contributed by atoms with E-state index in [4.69, 9.17) is 9.47 Å². The third-order valence-corrected chi connectivity index (χ3v) is 5.47. The molecule has 0 unspecified atom stereocenters. The monoisotopic (exact) mass is 459 g/mol. The number of rotatable bonds is 11. The lowest BCUT2D eigenvalue weighted by Crippen LogP contribution is -2.39. The van der Waals surface area contributed by atoms with E-state index in [1.165, 1.54) is 6.21 Å². The molecule has 172 valence electrons. The van der Waals surface area contributed by atoms with Gasteiger partial charge in [0.2, 0.25) is 10.0 Å². The molecular weight excluding hydrogens is 430 g/mol. The fourth-order valence-electron chi connectivity index (χ4n) is 2.85. The number of carbonyl (C=O) groups is 1. The summed E-state index contributed by atoms with van der Waals surface area (Å²) in [5.74, 6) is 0.552. The zero-order valence-electron chi connectivity index (χ0n) is 18.8. The van der Waals surface area contributed by atoms with Crippen LogP contribution in [0.25, 0.3) is 0 Å². The fraction of sp³-hybridized carbons (Fsp3) is 0.304. The van der Waals surface area contributed by atoms with E-state index in [0.717, 1.165) is 21.7 Å². The molecule has 0 aliphatic heterocycles. The Bertz CT molecular complexity index is 1100. The van der Waals surface area contributed by atoms with Crippen LogP contribution in [0, 0.1) is 13.8 Å². The van der Waals surface area contributed by atoms with Gasteiger partial charge in [-0.3, -0.25) is 9.10 Å². The number of anilines is 1. The number of sulfonamides is 1. The average Bonchev–Trinajstić information content (AvgIpc) is 2.73. The Balaban J connectivity index is 2.12. The van der Waals surface area contributed by atoms with E-state index in [9.17, 15) is 13.2 Å². The van der Waals surface area contributed by atoms with E-state index in [0.29, 0.717) is 36.0 Å². The van der Waals surface area contributed by atoms with Crippen molar-refractivity contribution in [3.05, 3.63) is 65.7 Å². The van der Waals surface area contributed by atoms with Crippen molar-refractivity contribution in [2.75, 3.05) is 30.3 Å². The summed E-state index contributed by atoms with van der Waals surface area (Å²) in [6.07, 6.45) is 4.15. The van der Waals surface area contributed by atoms with Crippen LogP contribution in [0.2, 0.25) is 0 Å². The molecule has 0 fully saturated rings. The Morgan fingerprint density at radius 2 is 1.91 bits per heavy atom. The summed E-state index contributed by atoms with van der Waals surface area (Å²) in [5, 5.41) is 3.94. The van der Waals surface area contributed by atoms with Crippen molar-refractivity contribution in [1.29, 1.82) is 0 Å². The van der Waals surface area contributed by atoms with Gasteiger partial charge in [-0.1, -0.05) is 24.8 Å². The molecule has 9 heteroatoms. The highest BCUT2D eigenvalue weighted by Crippen LogP contribution is 2.28. The second-order valence-corrected chi connectivity index (χ2v) is 9.00. The van der Waals surface area contributed by atoms with Gasteiger partial charge < -0.3 is 9.47 Å². The number of nitrogens with one attached hydrogen (secondary N) is 1. The molecule has 0 bridgehead atoms. The van der Waals surface area contributed by atoms with Crippen LogP contribution >= 0.6 is 0 Å². The minimum absolute atomic E-state index is 0.348. The zero-order valence-corrected chi connectivity index (χ0v) is 19.6. The molecule has 1 N–H and O–H groups in total. The standard InChI is InChI=1S/C23H29N3O5S/c1-6-12-31-21-11-10-19(14-22(21)30-7-2)15-24-25-23(27)16-26(32(5,28)29)20-13-17(3)8-9-18(20)4/h6,8-11,13-15H,1,7,12,16H2,2-5H3,(H,25,27). The molecular formula is C23H29N3O5S. The molecule has 0 saturated heterocycles. The van der Waals surface area contributed by atoms with Crippen LogP contribution < -0.4 is 19.2 Å². The molecule has 32 heavy (non-hydrogen) atoms. The summed E-state index contributed by atoms with van der Waals surface area (Å²) in [6.45, 7) is 9.55. The number of hydrazone groups is 1. The molecule has 0 aromatic heterocycles. The first-order chi connectivity index (χ1) is 15.2. The summed E-state index contributed by atoms with van der Waals surface area (Å²) >= 11 is 0. The van der Waals surface area contributed by atoms with Crippen LogP contribution in [0.3, 0.4) is 0 Å². The van der Waals surface area contributed by atoms with E-state index in [1.807, 2.05) is 26.0 Å². The minimum Gasteiger partial charge on any atom is -0.490 e. The van der Waals surface area contributed by atoms with Gasteiger partial charge in [-0.25, -0.2) is 13.8 Å². The minimum atomic E-state index is -3.67. The molecule has 0 atom stereocenters. The Labute approximate surface area is 189 Å².